The molecule has 1 heterocycles. The summed E-state index contributed by atoms with van der Waals surface area (Å²) in [7, 11) is 0. The van der Waals surface area contributed by atoms with E-state index >= 15 is 0 Å². The molecule has 0 fully saturated rings. The number of hydrogen-bond donors (Lipinski definition) is 1. The number of furan rings is 1. The van der Waals surface area contributed by atoms with Gasteiger partial charge >= 0.3 is 0 Å². The summed E-state index contributed by atoms with van der Waals surface area (Å²) < 4.78 is 5.27. The van der Waals surface area contributed by atoms with Crippen molar-refractivity contribution in [1.29, 1.82) is 0 Å². The Labute approximate surface area is 105 Å². The number of rotatable bonds is 4. The highest BCUT2D eigenvalue weighted by molar-refractivity contribution is 5.65. The first-order valence-electron chi connectivity index (χ1n) is 5.63. The second-order valence-corrected chi connectivity index (χ2v) is 4.11. The van der Waals surface area contributed by atoms with Gasteiger partial charge in [-0.3, -0.25) is 10.1 Å². The molecule has 2 rings (SSSR count). The molecular weight excluding hydrogens is 232 g/mol. The molecular formula is C13H14N2O3. The first kappa shape index (κ1) is 12.2. The summed E-state index contributed by atoms with van der Waals surface area (Å²) in [5, 5.41) is 14.2. The fourth-order valence-electron chi connectivity index (χ4n) is 1.86. The number of aryl methyl sites for hydroxylation is 1. The highest BCUT2D eigenvalue weighted by Crippen LogP contribution is 2.30. The van der Waals surface area contributed by atoms with Gasteiger partial charge in [-0.25, -0.2) is 0 Å². The smallest absolute Gasteiger partial charge is 0.295 e. The van der Waals surface area contributed by atoms with Crippen molar-refractivity contribution in [2.24, 2.45) is 0 Å². The van der Waals surface area contributed by atoms with E-state index in [1.807, 2.05) is 13.0 Å². The Morgan fingerprint density at radius 1 is 1.33 bits per heavy atom. The number of para-hydroxylation sites is 1. The Morgan fingerprint density at radius 3 is 2.72 bits per heavy atom. The van der Waals surface area contributed by atoms with Gasteiger partial charge in [0, 0.05) is 5.56 Å². The van der Waals surface area contributed by atoms with Crippen LogP contribution in [0.5, 0.6) is 0 Å². The fourth-order valence-corrected chi connectivity index (χ4v) is 1.86. The van der Waals surface area contributed by atoms with Crippen molar-refractivity contribution in [3.05, 3.63) is 58.0 Å². The molecule has 18 heavy (non-hydrogen) atoms. The van der Waals surface area contributed by atoms with Crippen molar-refractivity contribution in [3.63, 3.8) is 0 Å². The highest BCUT2D eigenvalue weighted by Gasteiger charge is 2.19. The number of nitro benzene ring substituents is 1. The molecule has 5 heteroatoms. The van der Waals surface area contributed by atoms with E-state index in [1.54, 1.807) is 37.5 Å². The molecule has 0 spiro atoms. The minimum absolute atomic E-state index is 0.107. The Morgan fingerprint density at radius 2 is 2.11 bits per heavy atom. The average molecular weight is 246 g/mol. The quantitative estimate of drug-likeness (QED) is 0.660. The number of benzene rings is 1. The van der Waals surface area contributed by atoms with Crippen LogP contribution in [0.15, 0.2) is 41.0 Å². The van der Waals surface area contributed by atoms with Gasteiger partial charge in [0.2, 0.25) is 0 Å². The standard InChI is InChI=1S/C13H14N2O3/c1-9-5-3-6-11(13(9)15(16)17)14-10(2)12-7-4-8-18-12/h3-8,10,14H,1-2H3. The van der Waals surface area contributed by atoms with Gasteiger partial charge in [-0.05, 0) is 32.0 Å². The summed E-state index contributed by atoms with van der Waals surface area (Å²) in [4.78, 5) is 10.7. The molecule has 2 aromatic rings. The molecule has 0 bridgehead atoms. The monoisotopic (exact) mass is 246 g/mol. The summed E-state index contributed by atoms with van der Waals surface area (Å²) >= 11 is 0. The van der Waals surface area contributed by atoms with E-state index in [2.05, 4.69) is 5.32 Å². The molecule has 94 valence electrons. The average Bonchev–Trinajstić information content (AvgIpc) is 2.81. The minimum atomic E-state index is -0.369. The zero-order valence-corrected chi connectivity index (χ0v) is 10.2. The molecule has 0 aliphatic rings. The summed E-state index contributed by atoms with van der Waals surface area (Å²) in [5.74, 6) is 0.741. The van der Waals surface area contributed by atoms with Crippen LogP contribution in [0.2, 0.25) is 0 Å². The molecule has 0 aliphatic carbocycles. The predicted molar refractivity (Wildman–Crippen MR) is 68.6 cm³/mol. The molecule has 0 saturated carbocycles. The van der Waals surface area contributed by atoms with Crippen molar-refractivity contribution in [3.8, 4) is 0 Å². The van der Waals surface area contributed by atoms with Gasteiger partial charge in [0.25, 0.3) is 5.69 Å². The van der Waals surface area contributed by atoms with E-state index in [4.69, 9.17) is 4.42 Å². The maximum atomic E-state index is 11.1. The normalized spacial score (nSPS) is 12.1. The van der Waals surface area contributed by atoms with Crippen molar-refractivity contribution >= 4 is 11.4 Å². The Bertz CT molecular complexity index is 549. The molecule has 0 radical (unpaired) electrons. The van der Waals surface area contributed by atoms with Gasteiger partial charge < -0.3 is 9.73 Å². The van der Waals surface area contributed by atoms with Crippen LogP contribution < -0.4 is 5.32 Å². The van der Waals surface area contributed by atoms with Gasteiger partial charge in [-0.15, -0.1) is 0 Å². The van der Waals surface area contributed by atoms with Crippen molar-refractivity contribution < 1.29 is 9.34 Å². The number of nitrogens with zero attached hydrogens (tertiary/aromatic N) is 1. The molecule has 5 nitrogen and oxygen atoms in total. The number of anilines is 1. The summed E-state index contributed by atoms with van der Waals surface area (Å²) in [6.45, 7) is 3.62. The predicted octanol–water partition coefficient (Wildman–Crippen LogP) is 3.67. The van der Waals surface area contributed by atoms with E-state index in [0.717, 1.165) is 5.76 Å². The molecule has 0 aliphatic heterocycles. The van der Waals surface area contributed by atoms with E-state index in [9.17, 15) is 10.1 Å². The third-order valence-electron chi connectivity index (χ3n) is 2.76. The summed E-state index contributed by atoms with van der Waals surface area (Å²) in [6, 6.07) is 8.71. The summed E-state index contributed by atoms with van der Waals surface area (Å²) in [6.07, 6.45) is 1.58. The van der Waals surface area contributed by atoms with Crippen LogP contribution in [-0.2, 0) is 0 Å². The number of nitro groups is 1. The molecule has 0 saturated heterocycles. The lowest BCUT2D eigenvalue weighted by molar-refractivity contribution is -0.384. The van der Waals surface area contributed by atoms with Crippen LogP contribution in [0, 0.1) is 17.0 Å². The van der Waals surface area contributed by atoms with E-state index in [1.165, 1.54) is 0 Å². The highest BCUT2D eigenvalue weighted by atomic mass is 16.6. The van der Waals surface area contributed by atoms with Crippen LogP contribution in [0.1, 0.15) is 24.3 Å². The molecule has 1 atom stereocenters. The zero-order valence-electron chi connectivity index (χ0n) is 10.2. The second kappa shape index (κ2) is 4.91. The fraction of sp³-hybridized carbons (Fsp3) is 0.231. The second-order valence-electron chi connectivity index (χ2n) is 4.11. The lowest BCUT2D eigenvalue weighted by Gasteiger charge is -2.13. The maximum Gasteiger partial charge on any atom is 0.295 e. The van der Waals surface area contributed by atoms with Crippen molar-refractivity contribution in [2.45, 2.75) is 19.9 Å². The van der Waals surface area contributed by atoms with E-state index < -0.39 is 0 Å². The topological polar surface area (TPSA) is 68.3 Å². The first-order chi connectivity index (χ1) is 8.59. The Balaban J connectivity index is 2.29. The van der Waals surface area contributed by atoms with E-state index in [-0.39, 0.29) is 16.7 Å². The zero-order chi connectivity index (χ0) is 13.1. The van der Waals surface area contributed by atoms with Crippen molar-refractivity contribution in [2.75, 3.05) is 5.32 Å². The van der Waals surface area contributed by atoms with Gasteiger partial charge in [-0.2, -0.15) is 0 Å². The van der Waals surface area contributed by atoms with Gasteiger partial charge in [-0.1, -0.05) is 12.1 Å². The van der Waals surface area contributed by atoms with Gasteiger partial charge in [0.15, 0.2) is 0 Å². The first-order valence-corrected chi connectivity index (χ1v) is 5.63. The van der Waals surface area contributed by atoms with Gasteiger partial charge in [0.05, 0.1) is 17.2 Å². The van der Waals surface area contributed by atoms with Crippen molar-refractivity contribution in [1.82, 2.24) is 0 Å². The van der Waals surface area contributed by atoms with E-state index in [0.29, 0.717) is 11.3 Å². The van der Waals surface area contributed by atoms with Crippen LogP contribution in [-0.4, -0.2) is 4.92 Å². The molecule has 1 aromatic carbocycles. The van der Waals surface area contributed by atoms with Crippen LogP contribution in [0.25, 0.3) is 0 Å². The SMILES string of the molecule is Cc1cccc(NC(C)c2ccco2)c1[N+](=O)[O-]. The van der Waals surface area contributed by atoms with Gasteiger partial charge in [0.1, 0.15) is 11.4 Å². The third-order valence-corrected chi connectivity index (χ3v) is 2.76. The molecule has 1 aromatic heterocycles. The number of hydrogen-bond acceptors (Lipinski definition) is 4. The number of nitrogens with one attached hydrogen (secondary N) is 1. The Kier molecular flexibility index (Phi) is 3.32. The third kappa shape index (κ3) is 2.34. The van der Waals surface area contributed by atoms with Crippen LogP contribution >= 0.6 is 0 Å². The molecule has 0 amide bonds. The largest absolute Gasteiger partial charge is 0.467 e. The minimum Gasteiger partial charge on any atom is -0.467 e. The Hall–Kier alpha value is -2.30. The maximum absolute atomic E-state index is 11.1. The molecule has 1 unspecified atom stereocenters. The lowest BCUT2D eigenvalue weighted by atomic mass is 10.1. The lowest BCUT2D eigenvalue weighted by Crippen LogP contribution is -2.08. The van der Waals surface area contributed by atoms with Crippen LogP contribution in [0.3, 0.4) is 0 Å². The summed E-state index contributed by atoms with van der Waals surface area (Å²) in [5.41, 5.74) is 1.25. The van der Waals surface area contributed by atoms with Crippen LogP contribution in [0.4, 0.5) is 11.4 Å². The molecule has 1 N–H and O–H groups in total.